The van der Waals surface area contributed by atoms with E-state index in [1.807, 2.05) is 111 Å². The van der Waals surface area contributed by atoms with Crippen LogP contribution in [0.15, 0.2) is 85.1 Å². The summed E-state index contributed by atoms with van der Waals surface area (Å²) in [6.45, 7) is 8.15. The van der Waals surface area contributed by atoms with Gasteiger partial charge in [0.1, 0.15) is 11.3 Å². The Bertz CT molecular complexity index is 1620. The van der Waals surface area contributed by atoms with Gasteiger partial charge in [0.15, 0.2) is 11.5 Å². The molecule has 0 saturated heterocycles. The SMILES string of the molecule is CC(CN(C(=O)O)C(C)(C)C)c1ccc(-n2c(-c3cccnc3N)nc3ccc(-c4ccccc4)nc32)cc1. The van der Waals surface area contributed by atoms with Crippen molar-refractivity contribution in [2.45, 2.75) is 39.2 Å². The first kappa shape index (κ1) is 25.9. The zero-order valence-corrected chi connectivity index (χ0v) is 22.5. The number of benzene rings is 2. The fourth-order valence-corrected chi connectivity index (χ4v) is 4.73. The predicted molar refractivity (Wildman–Crippen MR) is 155 cm³/mol. The normalized spacial score (nSPS) is 12.4. The molecule has 0 radical (unpaired) electrons. The van der Waals surface area contributed by atoms with E-state index in [0.29, 0.717) is 23.8 Å². The summed E-state index contributed by atoms with van der Waals surface area (Å²) in [4.78, 5) is 27.5. The van der Waals surface area contributed by atoms with Gasteiger partial charge in [-0.25, -0.2) is 19.7 Å². The van der Waals surface area contributed by atoms with Crippen LogP contribution in [0.2, 0.25) is 0 Å². The summed E-state index contributed by atoms with van der Waals surface area (Å²) in [6.07, 6.45) is 0.737. The standard InChI is InChI=1S/C31H32N6O2/c1-20(19-36(30(38)39)31(2,3)4)21-12-14-23(15-13-21)37-28(24-11-8-18-33-27(24)32)35-26-17-16-25(34-29(26)37)22-9-6-5-7-10-22/h5-18,20H,19H2,1-4H3,(H2,32,33)(H,38,39). The molecule has 1 amide bonds. The van der Waals surface area contributed by atoms with Crippen molar-refractivity contribution in [3.8, 4) is 28.3 Å². The van der Waals surface area contributed by atoms with Crippen molar-refractivity contribution >= 4 is 23.1 Å². The van der Waals surface area contributed by atoms with Gasteiger partial charge in [0.25, 0.3) is 0 Å². The molecule has 3 N–H and O–H groups in total. The molecule has 0 aliphatic carbocycles. The fourth-order valence-electron chi connectivity index (χ4n) is 4.73. The molecule has 5 aromatic rings. The Kier molecular flexibility index (Phi) is 6.78. The minimum atomic E-state index is -0.921. The number of anilines is 1. The Morgan fingerprint density at radius 2 is 1.69 bits per heavy atom. The monoisotopic (exact) mass is 520 g/mol. The largest absolute Gasteiger partial charge is 0.465 e. The summed E-state index contributed by atoms with van der Waals surface area (Å²) in [5.74, 6) is 1.04. The minimum absolute atomic E-state index is 0.00477. The number of amides is 1. The van der Waals surface area contributed by atoms with E-state index in [4.69, 9.17) is 15.7 Å². The van der Waals surface area contributed by atoms with Crippen molar-refractivity contribution in [2.24, 2.45) is 0 Å². The molecule has 3 heterocycles. The number of carboxylic acid groups (broad SMARTS) is 1. The van der Waals surface area contributed by atoms with E-state index in [2.05, 4.69) is 4.98 Å². The van der Waals surface area contributed by atoms with Gasteiger partial charge >= 0.3 is 6.09 Å². The van der Waals surface area contributed by atoms with E-state index in [1.165, 1.54) is 4.90 Å². The number of nitrogens with two attached hydrogens (primary N) is 1. The van der Waals surface area contributed by atoms with Gasteiger partial charge in [-0.2, -0.15) is 0 Å². The van der Waals surface area contributed by atoms with Gasteiger partial charge in [-0.1, -0.05) is 49.4 Å². The third-order valence-electron chi connectivity index (χ3n) is 6.87. The highest BCUT2D eigenvalue weighted by atomic mass is 16.4. The molecule has 0 spiro atoms. The van der Waals surface area contributed by atoms with Crippen LogP contribution in [-0.2, 0) is 0 Å². The first-order valence-corrected chi connectivity index (χ1v) is 12.9. The molecule has 39 heavy (non-hydrogen) atoms. The Hall–Kier alpha value is -4.72. The highest BCUT2D eigenvalue weighted by Crippen LogP contribution is 2.32. The van der Waals surface area contributed by atoms with Crippen molar-refractivity contribution in [1.29, 1.82) is 0 Å². The van der Waals surface area contributed by atoms with Crippen molar-refractivity contribution in [3.63, 3.8) is 0 Å². The van der Waals surface area contributed by atoms with Crippen LogP contribution in [0.25, 0.3) is 39.5 Å². The summed E-state index contributed by atoms with van der Waals surface area (Å²) in [5, 5.41) is 9.73. The maximum atomic E-state index is 11.9. The van der Waals surface area contributed by atoms with Crippen LogP contribution in [0, 0.1) is 0 Å². The van der Waals surface area contributed by atoms with Gasteiger partial charge in [0.05, 0.1) is 11.3 Å². The van der Waals surface area contributed by atoms with Crippen molar-refractivity contribution < 1.29 is 9.90 Å². The molecule has 8 heteroatoms. The smallest absolute Gasteiger partial charge is 0.407 e. The van der Waals surface area contributed by atoms with Gasteiger partial charge in [-0.05, 0) is 68.7 Å². The number of rotatable bonds is 6. The second kappa shape index (κ2) is 10.2. The number of carbonyl (C=O) groups is 1. The first-order chi connectivity index (χ1) is 18.6. The van der Waals surface area contributed by atoms with E-state index >= 15 is 0 Å². The Balaban J connectivity index is 1.60. The summed E-state index contributed by atoms with van der Waals surface area (Å²) in [5.41, 5.74) is 11.7. The zero-order valence-electron chi connectivity index (χ0n) is 22.5. The number of hydrogen-bond acceptors (Lipinski definition) is 5. The van der Waals surface area contributed by atoms with E-state index in [0.717, 1.165) is 33.6 Å². The molecule has 0 fully saturated rings. The maximum Gasteiger partial charge on any atom is 0.407 e. The molecular formula is C31H32N6O2. The van der Waals surface area contributed by atoms with Crippen LogP contribution in [0.5, 0.6) is 0 Å². The fraction of sp³-hybridized carbons (Fsp3) is 0.226. The van der Waals surface area contributed by atoms with Crippen LogP contribution in [0.1, 0.15) is 39.2 Å². The first-order valence-electron chi connectivity index (χ1n) is 12.9. The van der Waals surface area contributed by atoms with Gasteiger partial charge in [-0.3, -0.25) is 4.57 Å². The summed E-state index contributed by atoms with van der Waals surface area (Å²) in [7, 11) is 0. The number of hydrogen-bond donors (Lipinski definition) is 2. The zero-order chi connectivity index (χ0) is 27.7. The molecule has 2 aromatic carbocycles. The molecule has 5 rings (SSSR count). The van der Waals surface area contributed by atoms with Crippen molar-refractivity contribution in [3.05, 3.63) is 90.6 Å². The lowest BCUT2D eigenvalue weighted by Gasteiger charge is -2.35. The highest BCUT2D eigenvalue weighted by Gasteiger charge is 2.28. The average molecular weight is 521 g/mol. The molecule has 198 valence electrons. The van der Waals surface area contributed by atoms with Gasteiger partial charge in [0, 0.05) is 29.5 Å². The van der Waals surface area contributed by atoms with Crippen LogP contribution in [-0.4, -0.2) is 47.7 Å². The van der Waals surface area contributed by atoms with Gasteiger partial charge < -0.3 is 15.7 Å². The summed E-state index contributed by atoms with van der Waals surface area (Å²) >= 11 is 0. The molecule has 3 aromatic heterocycles. The van der Waals surface area contributed by atoms with Crippen LogP contribution in [0.4, 0.5) is 10.6 Å². The molecule has 1 atom stereocenters. The molecule has 1 unspecified atom stereocenters. The van der Waals surface area contributed by atoms with Crippen molar-refractivity contribution in [1.82, 2.24) is 24.4 Å². The van der Waals surface area contributed by atoms with E-state index < -0.39 is 11.6 Å². The average Bonchev–Trinajstić information content (AvgIpc) is 3.30. The molecule has 8 nitrogen and oxygen atoms in total. The second-order valence-electron chi connectivity index (χ2n) is 10.7. The highest BCUT2D eigenvalue weighted by molar-refractivity contribution is 5.84. The lowest BCUT2D eigenvalue weighted by molar-refractivity contribution is 0.0968. The lowest BCUT2D eigenvalue weighted by atomic mass is 9.97. The third kappa shape index (κ3) is 5.18. The Morgan fingerprint density at radius 1 is 0.974 bits per heavy atom. The minimum Gasteiger partial charge on any atom is -0.465 e. The quantitative estimate of drug-likeness (QED) is 0.261. The topological polar surface area (TPSA) is 110 Å². The van der Waals surface area contributed by atoms with E-state index in [1.54, 1.807) is 6.20 Å². The Labute approximate surface area is 227 Å². The Morgan fingerprint density at radius 3 is 2.33 bits per heavy atom. The van der Waals surface area contributed by atoms with Gasteiger partial charge in [0.2, 0.25) is 0 Å². The number of fused-ring (bicyclic) bond motifs is 1. The molecular weight excluding hydrogens is 488 g/mol. The number of imidazole rings is 1. The number of pyridine rings is 2. The number of aromatic nitrogens is 4. The molecule has 0 aliphatic rings. The molecule has 0 saturated carbocycles. The molecule has 0 bridgehead atoms. The van der Waals surface area contributed by atoms with Gasteiger partial charge in [-0.15, -0.1) is 0 Å². The van der Waals surface area contributed by atoms with Crippen LogP contribution in [0.3, 0.4) is 0 Å². The number of nitrogen functional groups attached to an aromatic ring is 1. The maximum absolute atomic E-state index is 11.9. The third-order valence-corrected chi connectivity index (χ3v) is 6.87. The van der Waals surface area contributed by atoms with Crippen LogP contribution < -0.4 is 5.73 Å². The van der Waals surface area contributed by atoms with Crippen LogP contribution >= 0.6 is 0 Å². The summed E-state index contributed by atoms with van der Waals surface area (Å²) in [6, 6.07) is 25.8. The van der Waals surface area contributed by atoms with E-state index in [9.17, 15) is 9.90 Å². The summed E-state index contributed by atoms with van der Waals surface area (Å²) < 4.78 is 2.00. The number of nitrogens with zero attached hydrogens (tertiary/aromatic N) is 5. The second-order valence-corrected chi connectivity index (χ2v) is 10.7. The van der Waals surface area contributed by atoms with E-state index in [-0.39, 0.29) is 5.92 Å². The van der Waals surface area contributed by atoms with Crippen molar-refractivity contribution in [2.75, 3.05) is 12.3 Å². The molecule has 0 aliphatic heterocycles. The lowest BCUT2D eigenvalue weighted by Crippen LogP contribution is -2.46. The predicted octanol–water partition coefficient (Wildman–Crippen LogP) is 6.61.